The van der Waals surface area contributed by atoms with Crippen LogP contribution in [0.25, 0.3) is 0 Å². The zero-order valence-electron chi connectivity index (χ0n) is 12.9. The van der Waals surface area contributed by atoms with E-state index in [0.29, 0.717) is 12.3 Å². The van der Waals surface area contributed by atoms with Crippen LogP contribution in [-0.4, -0.2) is 46.6 Å². The standard InChI is InChI=1S/C16H23N3O3/c1-12-5-9-19(10-6-12)15(20)14(4-8-18-16(21)22)13-3-2-7-17-11-13/h2-3,7,11-12,14,18H,4-6,8-10H2,1H3,(H,21,22). The molecule has 2 N–H and O–H groups in total. The summed E-state index contributed by atoms with van der Waals surface area (Å²) in [5.41, 5.74) is 0.846. The van der Waals surface area contributed by atoms with Gasteiger partial charge in [0, 0.05) is 32.0 Å². The van der Waals surface area contributed by atoms with Gasteiger partial charge in [0.1, 0.15) is 0 Å². The zero-order valence-corrected chi connectivity index (χ0v) is 12.9. The lowest BCUT2D eigenvalue weighted by molar-refractivity contribution is -0.134. The molecule has 2 heterocycles. The molecular weight excluding hydrogens is 282 g/mol. The first-order valence-electron chi connectivity index (χ1n) is 7.73. The van der Waals surface area contributed by atoms with Crippen molar-refractivity contribution in [3.8, 4) is 0 Å². The zero-order chi connectivity index (χ0) is 15.9. The number of nitrogens with zero attached hydrogens (tertiary/aromatic N) is 2. The van der Waals surface area contributed by atoms with Gasteiger partial charge >= 0.3 is 6.09 Å². The predicted octanol–water partition coefficient (Wildman–Crippen LogP) is 2.08. The first-order chi connectivity index (χ1) is 10.6. The van der Waals surface area contributed by atoms with Gasteiger partial charge in [0.15, 0.2) is 0 Å². The highest BCUT2D eigenvalue weighted by atomic mass is 16.4. The van der Waals surface area contributed by atoms with Gasteiger partial charge in [0.05, 0.1) is 5.92 Å². The number of carbonyl (C=O) groups is 2. The number of hydrogen-bond acceptors (Lipinski definition) is 3. The Morgan fingerprint density at radius 1 is 1.45 bits per heavy atom. The van der Waals surface area contributed by atoms with Gasteiger partial charge in [-0.15, -0.1) is 0 Å². The molecule has 1 aliphatic heterocycles. The Kier molecular flexibility index (Phi) is 5.75. The van der Waals surface area contributed by atoms with Crippen molar-refractivity contribution in [1.82, 2.24) is 15.2 Å². The minimum absolute atomic E-state index is 0.0760. The Morgan fingerprint density at radius 3 is 2.77 bits per heavy atom. The van der Waals surface area contributed by atoms with Gasteiger partial charge in [0.25, 0.3) is 0 Å². The number of amides is 2. The Balaban J connectivity index is 2.06. The Hall–Kier alpha value is -2.11. The number of aromatic nitrogens is 1. The van der Waals surface area contributed by atoms with Crippen molar-refractivity contribution < 1.29 is 14.7 Å². The van der Waals surface area contributed by atoms with Crippen molar-refractivity contribution >= 4 is 12.0 Å². The van der Waals surface area contributed by atoms with E-state index in [2.05, 4.69) is 17.2 Å². The van der Waals surface area contributed by atoms with Gasteiger partial charge < -0.3 is 15.3 Å². The number of carboxylic acid groups (broad SMARTS) is 1. The highest BCUT2D eigenvalue weighted by Gasteiger charge is 2.28. The van der Waals surface area contributed by atoms with Crippen molar-refractivity contribution in [2.75, 3.05) is 19.6 Å². The van der Waals surface area contributed by atoms with Gasteiger partial charge in [0.2, 0.25) is 5.91 Å². The smallest absolute Gasteiger partial charge is 0.404 e. The molecule has 22 heavy (non-hydrogen) atoms. The molecule has 2 rings (SSSR count). The van der Waals surface area contributed by atoms with Gasteiger partial charge in [-0.3, -0.25) is 9.78 Å². The fourth-order valence-corrected chi connectivity index (χ4v) is 2.79. The molecule has 1 saturated heterocycles. The van der Waals surface area contributed by atoms with E-state index in [1.54, 1.807) is 18.5 Å². The van der Waals surface area contributed by atoms with Crippen LogP contribution in [0.15, 0.2) is 24.5 Å². The molecule has 1 fully saturated rings. The van der Waals surface area contributed by atoms with E-state index in [-0.39, 0.29) is 18.4 Å². The van der Waals surface area contributed by atoms with Gasteiger partial charge in [-0.25, -0.2) is 4.79 Å². The molecule has 0 radical (unpaired) electrons. The first kappa shape index (κ1) is 16.3. The minimum atomic E-state index is -1.07. The van der Waals surface area contributed by atoms with Crippen LogP contribution >= 0.6 is 0 Å². The maximum absolute atomic E-state index is 12.8. The van der Waals surface area contributed by atoms with Crippen molar-refractivity contribution in [3.63, 3.8) is 0 Å². The number of piperidine rings is 1. The molecule has 6 nitrogen and oxygen atoms in total. The molecule has 0 aliphatic carbocycles. The molecule has 1 unspecified atom stereocenters. The lowest BCUT2D eigenvalue weighted by Crippen LogP contribution is -2.41. The second-order valence-corrected chi connectivity index (χ2v) is 5.87. The Bertz CT molecular complexity index is 499. The first-order valence-corrected chi connectivity index (χ1v) is 7.73. The molecule has 1 aromatic heterocycles. The third-order valence-corrected chi connectivity index (χ3v) is 4.19. The number of rotatable bonds is 5. The number of nitrogens with one attached hydrogen (secondary N) is 1. The van der Waals surface area contributed by atoms with E-state index in [1.165, 1.54) is 0 Å². The summed E-state index contributed by atoms with van der Waals surface area (Å²) in [6.07, 6.45) is 4.80. The fraction of sp³-hybridized carbons (Fsp3) is 0.562. The average Bonchev–Trinajstić information content (AvgIpc) is 2.52. The molecule has 2 amide bonds. The summed E-state index contributed by atoms with van der Waals surface area (Å²) >= 11 is 0. The number of pyridine rings is 1. The summed E-state index contributed by atoms with van der Waals surface area (Å²) in [7, 11) is 0. The van der Waals surface area contributed by atoms with Crippen LogP contribution in [-0.2, 0) is 4.79 Å². The van der Waals surface area contributed by atoms with Crippen LogP contribution in [0.4, 0.5) is 4.79 Å². The van der Waals surface area contributed by atoms with Crippen molar-refractivity contribution in [1.29, 1.82) is 0 Å². The number of likely N-dealkylation sites (tertiary alicyclic amines) is 1. The second-order valence-electron chi connectivity index (χ2n) is 5.87. The maximum atomic E-state index is 12.8. The van der Waals surface area contributed by atoms with E-state index in [0.717, 1.165) is 31.5 Å². The third kappa shape index (κ3) is 4.44. The van der Waals surface area contributed by atoms with Gasteiger partial charge in [-0.1, -0.05) is 13.0 Å². The predicted molar refractivity (Wildman–Crippen MR) is 82.6 cm³/mol. The summed E-state index contributed by atoms with van der Waals surface area (Å²) in [5, 5.41) is 11.0. The normalized spacial score (nSPS) is 17.0. The van der Waals surface area contributed by atoms with E-state index in [4.69, 9.17) is 5.11 Å². The second kappa shape index (κ2) is 7.77. The molecule has 0 aromatic carbocycles. The van der Waals surface area contributed by atoms with Crippen LogP contribution in [0, 0.1) is 5.92 Å². The van der Waals surface area contributed by atoms with Crippen LogP contribution in [0.5, 0.6) is 0 Å². The molecule has 6 heteroatoms. The molecule has 1 aromatic rings. The van der Waals surface area contributed by atoms with Crippen LogP contribution in [0.2, 0.25) is 0 Å². The highest BCUT2D eigenvalue weighted by molar-refractivity contribution is 5.83. The summed E-state index contributed by atoms with van der Waals surface area (Å²) in [5.74, 6) is 0.399. The van der Waals surface area contributed by atoms with Gasteiger partial charge in [-0.2, -0.15) is 0 Å². The van der Waals surface area contributed by atoms with Crippen molar-refractivity contribution in [3.05, 3.63) is 30.1 Å². The van der Waals surface area contributed by atoms with Crippen LogP contribution in [0.1, 0.15) is 37.7 Å². The van der Waals surface area contributed by atoms with Gasteiger partial charge in [-0.05, 0) is 36.8 Å². The summed E-state index contributed by atoms with van der Waals surface area (Å²) in [6, 6.07) is 3.68. The minimum Gasteiger partial charge on any atom is -0.465 e. The molecule has 1 aliphatic rings. The monoisotopic (exact) mass is 305 g/mol. The number of hydrogen-bond donors (Lipinski definition) is 2. The molecular formula is C16H23N3O3. The molecule has 1 atom stereocenters. The quantitative estimate of drug-likeness (QED) is 0.872. The van der Waals surface area contributed by atoms with Crippen LogP contribution in [0.3, 0.4) is 0 Å². The summed E-state index contributed by atoms with van der Waals surface area (Å²) in [6.45, 7) is 4.02. The Labute approximate surface area is 130 Å². The summed E-state index contributed by atoms with van der Waals surface area (Å²) in [4.78, 5) is 29.4. The summed E-state index contributed by atoms with van der Waals surface area (Å²) < 4.78 is 0. The topological polar surface area (TPSA) is 82.5 Å². The molecule has 0 saturated carbocycles. The molecule has 0 bridgehead atoms. The third-order valence-electron chi connectivity index (χ3n) is 4.19. The average molecular weight is 305 g/mol. The van der Waals surface area contributed by atoms with E-state index >= 15 is 0 Å². The largest absolute Gasteiger partial charge is 0.465 e. The molecule has 120 valence electrons. The Morgan fingerprint density at radius 2 is 2.18 bits per heavy atom. The lowest BCUT2D eigenvalue weighted by Gasteiger charge is -2.33. The van der Waals surface area contributed by atoms with Crippen LogP contribution < -0.4 is 5.32 Å². The lowest BCUT2D eigenvalue weighted by atomic mass is 9.93. The van der Waals surface area contributed by atoms with E-state index in [9.17, 15) is 9.59 Å². The highest BCUT2D eigenvalue weighted by Crippen LogP contribution is 2.25. The maximum Gasteiger partial charge on any atom is 0.404 e. The van der Waals surface area contributed by atoms with Crippen molar-refractivity contribution in [2.45, 2.75) is 32.1 Å². The fourth-order valence-electron chi connectivity index (χ4n) is 2.79. The number of carbonyl (C=O) groups excluding carboxylic acids is 1. The SMILES string of the molecule is CC1CCN(C(=O)C(CCNC(=O)O)c2cccnc2)CC1. The van der Waals surface area contributed by atoms with E-state index in [1.807, 2.05) is 11.0 Å². The molecule has 0 spiro atoms. The van der Waals surface area contributed by atoms with E-state index < -0.39 is 6.09 Å². The van der Waals surface area contributed by atoms with Crippen molar-refractivity contribution in [2.24, 2.45) is 5.92 Å².